The van der Waals surface area contributed by atoms with Gasteiger partial charge in [0.15, 0.2) is 0 Å². The Bertz CT molecular complexity index is 326. The van der Waals surface area contributed by atoms with Crippen LogP contribution < -0.4 is 5.32 Å². The summed E-state index contributed by atoms with van der Waals surface area (Å²) in [6.45, 7) is 6.60. The van der Waals surface area contributed by atoms with Crippen molar-refractivity contribution in [3.63, 3.8) is 0 Å². The van der Waals surface area contributed by atoms with Crippen LogP contribution in [-0.2, 0) is 26.4 Å². The van der Waals surface area contributed by atoms with Crippen LogP contribution in [0.4, 0.5) is 0 Å². The van der Waals surface area contributed by atoms with Gasteiger partial charge in [0.25, 0.3) is 0 Å². The lowest BCUT2D eigenvalue weighted by Gasteiger charge is -2.13. The molecule has 3 heteroatoms. The first-order valence-corrected chi connectivity index (χ1v) is 5.43. The highest BCUT2D eigenvalue weighted by Crippen LogP contribution is 2.19. The molecule has 1 aromatic heterocycles. The smallest absolute Gasteiger partial charge is 0.0685 e. The third-order valence-corrected chi connectivity index (χ3v) is 2.80. The van der Waals surface area contributed by atoms with Crippen LogP contribution in [0.1, 0.15) is 30.8 Å². The van der Waals surface area contributed by atoms with Crippen LogP contribution in [0.25, 0.3) is 0 Å². The van der Waals surface area contributed by atoms with Gasteiger partial charge in [0.05, 0.1) is 5.69 Å². The van der Waals surface area contributed by atoms with Gasteiger partial charge in [0.1, 0.15) is 0 Å². The summed E-state index contributed by atoms with van der Waals surface area (Å²) in [6, 6.07) is 0. The number of nitrogens with one attached hydrogen (secondary N) is 1. The van der Waals surface area contributed by atoms with E-state index in [1.54, 1.807) is 0 Å². The normalized spacial score (nSPS) is 16.0. The van der Waals surface area contributed by atoms with Gasteiger partial charge in [-0.05, 0) is 12.3 Å². The van der Waals surface area contributed by atoms with Crippen molar-refractivity contribution in [3.8, 4) is 0 Å². The number of nitrogens with zero attached hydrogens (tertiary/aromatic N) is 2. The van der Waals surface area contributed by atoms with E-state index in [1.165, 1.54) is 17.0 Å². The van der Waals surface area contributed by atoms with Crippen molar-refractivity contribution in [3.05, 3.63) is 17.0 Å². The van der Waals surface area contributed by atoms with Crippen LogP contribution in [0, 0.1) is 5.92 Å². The van der Waals surface area contributed by atoms with E-state index in [0.29, 0.717) is 5.92 Å². The summed E-state index contributed by atoms with van der Waals surface area (Å²) in [7, 11) is 2.07. The summed E-state index contributed by atoms with van der Waals surface area (Å²) in [5, 5.41) is 8.00. The molecule has 0 spiro atoms. The molecule has 0 saturated heterocycles. The molecule has 0 fully saturated rings. The minimum absolute atomic E-state index is 0.705. The molecule has 1 aliphatic heterocycles. The number of rotatable bonds is 2. The molecule has 0 bridgehead atoms. The fourth-order valence-corrected chi connectivity index (χ4v) is 2.13. The fraction of sp³-hybridized carbons (Fsp3) is 0.727. The van der Waals surface area contributed by atoms with Crippen molar-refractivity contribution in [2.45, 2.75) is 33.2 Å². The number of aromatic nitrogens is 2. The fourth-order valence-electron chi connectivity index (χ4n) is 2.13. The van der Waals surface area contributed by atoms with Gasteiger partial charge in [-0.3, -0.25) is 4.68 Å². The molecule has 3 nitrogen and oxygen atoms in total. The van der Waals surface area contributed by atoms with Crippen molar-refractivity contribution < 1.29 is 0 Å². The van der Waals surface area contributed by atoms with E-state index in [0.717, 1.165) is 25.9 Å². The molecule has 0 saturated carbocycles. The maximum absolute atomic E-state index is 4.58. The van der Waals surface area contributed by atoms with Crippen molar-refractivity contribution in [1.82, 2.24) is 15.1 Å². The standard InChI is InChI=1S/C11H19N3/c1-8(2)6-11-9-7-12-5-4-10(9)13-14(11)3/h8,12H,4-7H2,1-3H3. The Hall–Kier alpha value is -0.830. The summed E-state index contributed by atoms with van der Waals surface area (Å²) in [6.07, 6.45) is 2.22. The van der Waals surface area contributed by atoms with Gasteiger partial charge in [-0.15, -0.1) is 0 Å². The van der Waals surface area contributed by atoms with E-state index in [4.69, 9.17) is 0 Å². The predicted molar refractivity (Wildman–Crippen MR) is 57.2 cm³/mol. The lowest BCUT2D eigenvalue weighted by Crippen LogP contribution is -2.23. The minimum Gasteiger partial charge on any atom is -0.312 e. The molecular weight excluding hydrogens is 174 g/mol. The van der Waals surface area contributed by atoms with Crippen LogP contribution in [0.15, 0.2) is 0 Å². The van der Waals surface area contributed by atoms with E-state index >= 15 is 0 Å². The first kappa shape index (κ1) is 9.71. The average molecular weight is 193 g/mol. The van der Waals surface area contributed by atoms with Gasteiger partial charge < -0.3 is 5.32 Å². The van der Waals surface area contributed by atoms with Crippen LogP contribution in [-0.4, -0.2) is 16.3 Å². The van der Waals surface area contributed by atoms with E-state index in [-0.39, 0.29) is 0 Å². The van der Waals surface area contributed by atoms with Gasteiger partial charge in [-0.1, -0.05) is 13.8 Å². The molecule has 1 aliphatic rings. The van der Waals surface area contributed by atoms with Crippen LogP contribution in [0.2, 0.25) is 0 Å². The zero-order valence-corrected chi connectivity index (χ0v) is 9.30. The van der Waals surface area contributed by atoms with Gasteiger partial charge in [0.2, 0.25) is 0 Å². The summed E-state index contributed by atoms with van der Waals surface area (Å²) in [4.78, 5) is 0. The molecule has 1 N–H and O–H groups in total. The highest BCUT2D eigenvalue weighted by molar-refractivity contribution is 5.28. The second-order valence-corrected chi connectivity index (χ2v) is 4.52. The molecular formula is C11H19N3. The summed E-state index contributed by atoms with van der Waals surface area (Å²) in [5.41, 5.74) is 4.18. The van der Waals surface area contributed by atoms with Crippen molar-refractivity contribution >= 4 is 0 Å². The second kappa shape index (κ2) is 3.73. The molecule has 0 unspecified atom stereocenters. The van der Waals surface area contributed by atoms with Crippen molar-refractivity contribution in [1.29, 1.82) is 0 Å². The first-order valence-electron chi connectivity index (χ1n) is 5.43. The molecule has 2 rings (SSSR count). The Morgan fingerprint density at radius 3 is 3.00 bits per heavy atom. The van der Waals surface area contributed by atoms with Crippen LogP contribution in [0.3, 0.4) is 0 Å². The largest absolute Gasteiger partial charge is 0.312 e. The number of aryl methyl sites for hydroxylation is 1. The van der Waals surface area contributed by atoms with Gasteiger partial charge >= 0.3 is 0 Å². The predicted octanol–water partition coefficient (Wildman–Crippen LogP) is 1.26. The monoisotopic (exact) mass is 193 g/mol. The topological polar surface area (TPSA) is 29.9 Å². The first-order chi connectivity index (χ1) is 6.68. The van der Waals surface area contributed by atoms with Gasteiger partial charge in [-0.25, -0.2) is 0 Å². The van der Waals surface area contributed by atoms with E-state index in [2.05, 4.69) is 36.0 Å². The van der Waals surface area contributed by atoms with E-state index in [9.17, 15) is 0 Å². The minimum atomic E-state index is 0.705. The molecule has 0 atom stereocenters. The molecule has 0 aliphatic carbocycles. The summed E-state index contributed by atoms with van der Waals surface area (Å²) < 4.78 is 2.07. The summed E-state index contributed by atoms with van der Waals surface area (Å²) >= 11 is 0. The number of fused-ring (bicyclic) bond motifs is 1. The molecule has 78 valence electrons. The Balaban J connectivity index is 2.33. The maximum Gasteiger partial charge on any atom is 0.0685 e. The lowest BCUT2D eigenvalue weighted by atomic mass is 10.0. The highest BCUT2D eigenvalue weighted by Gasteiger charge is 2.18. The average Bonchev–Trinajstić information content (AvgIpc) is 2.43. The summed E-state index contributed by atoms with van der Waals surface area (Å²) in [5.74, 6) is 0.705. The Morgan fingerprint density at radius 1 is 1.50 bits per heavy atom. The quantitative estimate of drug-likeness (QED) is 0.766. The molecule has 14 heavy (non-hydrogen) atoms. The maximum atomic E-state index is 4.58. The molecule has 0 aromatic carbocycles. The molecule has 0 amide bonds. The second-order valence-electron chi connectivity index (χ2n) is 4.52. The number of hydrogen-bond acceptors (Lipinski definition) is 2. The third kappa shape index (κ3) is 1.69. The zero-order chi connectivity index (χ0) is 10.1. The molecule has 2 heterocycles. The van der Waals surface area contributed by atoms with E-state index in [1.807, 2.05) is 0 Å². The lowest BCUT2D eigenvalue weighted by molar-refractivity contribution is 0.588. The Morgan fingerprint density at radius 2 is 2.29 bits per heavy atom. The van der Waals surface area contributed by atoms with Crippen LogP contribution >= 0.6 is 0 Å². The zero-order valence-electron chi connectivity index (χ0n) is 9.30. The Labute approximate surface area is 85.5 Å². The van der Waals surface area contributed by atoms with Crippen LogP contribution in [0.5, 0.6) is 0 Å². The van der Waals surface area contributed by atoms with Gasteiger partial charge in [0, 0.05) is 37.8 Å². The SMILES string of the molecule is CC(C)Cc1c2c(nn1C)CCNC2. The third-order valence-electron chi connectivity index (χ3n) is 2.80. The highest BCUT2D eigenvalue weighted by atomic mass is 15.3. The Kier molecular flexibility index (Phi) is 2.59. The van der Waals surface area contributed by atoms with Gasteiger partial charge in [-0.2, -0.15) is 5.10 Å². The van der Waals surface area contributed by atoms with Crippen molar-refractivity contribution in [2.75, 3.05) is 6.54 Å². The molecule has 0 radical (unpaired) electrons. The molecule has 1 aromatic rings. The van der Waals surface area contributed by atoms with Crippen molar-refractivity contribution in [2.24, 2.45) is 13.0 Å². The van der Waals surface area contributed by atoms with E-state index < -0.39 is 0 Å². The number of hydrogen-bond donors (Lipinski definition) is 1.